The number of hydrogen-bond acceptors (Lipinski definition) is 6. The van der Waals surface area contributed by atoms with Crippen LogP contribution in [-0.4, -0.2) is 71.2 Å². The van der Waals surface area contributed by atoms with Crippen molar-refractivity contribution in [1.29, 1.82) is 0 Å². The number of piperazine rings is 1. The maximum absolute atomic E-state index is 12.6. The first kappa shape index (κ1) is 18.2. The molecule has 3 aliphatic rings. The fourth-order valence-electron chi connectivity index (χ4n) is 4.35. The van der Waals surface area contributed by atoms with Gasteiger partial charge in [0.25, 0.3) is 0 Å². The Morgan fingerprint density at radius 2 is 2.04 bits per heavy atom. The summed E-state index contributed by atoms with van der Waals surface area (Å²) in [5.74, 6) is 1.13. The zero-order chi connectivity index (χ0) is 18.1. The second-order valence-corrected chi connectivity index (χ2v) is 9.37. The first-order valence-corrected chi connectivity index (χ1v) is 11.0. The van der Waals surface area contributed by atoms with Crippen LogP contribution in [0.2, 0.25) is 0 Å². The van der Waals surface area contributed by atoms with Gasteiger partial charge in [-0.1, -0.05) is 18.3 Å². The van der Waals surface area contributed by atoms with Crippen molar-refractivity contribution < 1.29 is 4.79 Å². The number of aromatic nitrogens is 2. The highest BCUT2D eigenvalue weighted by Gasteiger charge is 2.43. The van der Waals surface area contributed by atoms with Crippen LogP contribution in [-0.2, 0) is 11.2 Å². The van der Waals surface area contributed by atoms with Gasteiger partial charge in [0.15, 0.2) is 0 Å². The number of carbonyl (C=O) groups is 1. The molecule has 2 saturated heterocycles. The van der Waals surface area contributed by atoms with Crippen LogP contribution in [0.3, 0.4) is 0 Å². The Kier molecular flexibility index (Phi) is 5.19. The van der Waals surface area contributed by atoms with Crippen molar-refractivity contribution in [3.63, 3.8) is 0 Å². The van der Waals surface area contributed by atoms with Gasteiger partial charge in [-0.25, -0.2) is 0 Å². The van der Waals surface area contributed by atoms with Crippen LogP contribution in [0, 0.1) is 5.92 Å². The topological polar surface area (TPSA) is 52.6 Å². The third-order valence-corrected chi connectivity index (χ3v) is 7.41. The molecule has 1 saturated carbocycles. The highest BCUT2D eigenvalue weighted by molar-refractivity contribution is 7.15. The quantitative estimate of drug-likeness (QED) is 0.789. The Morgan fingerprint density at radius 3 is 2.81 bits per heavy atom. The summed E-state index contributed by atoms with van der Waals surface area (Å²) in [6.07, 6.45) is 7.45. The number of likely N-dealkylation sites (N-methyl/N-ethyl adjacent to an activating group) is 1. The summed E-state index contributed by atoms with van der Waals surface area (Å²) >= 11 is 1.74. The number of anilines is 1. The molecule has 2 aliphatic heterocycles. The Hall–Kier alpha value is -1.21. The summed E-state index contributed by atoms with van der Waals surface area (Å²) in [6, 6.07) is 0. The smallest absolute Gasteiger partial charge is 0.222 e. The number of carbonyl (C=O) groups excluding carboxylic acids is 1. The lowest BCUT2D eigenvalue weighted by atomic mass is 9.86. The molecule has 1 amide bonds. The van der Waals surface area contributed by atoms with Crippen LogP contribution >= 0.6 is 11.3 Å². The van der Waals surface area contributed by atoms with Crippen LogP contribution in [0.4, 0.5) is 5.13 Å². The number of amides is 1. The summed E-state index contributed by atoms with van der Waals surface area (Å²) in [7, 11) is 2.24. The zero-order valence-corrected chi connectivity index (χ0v) is 16.9. The Balaban J connectivity index is 1.47. The van der Waals surface area contributed by atoms with Gasteiger partial charge in [-0.15, -0.1) is 10.2 Å². The zero-order valence-electron chi connectivity index (χ0n) is 16.1. The molecule has 1 aromatic rings. The van der Waals surface area contributed by atoms with Crippen LogP contribution in [0.1, 0.15) is 50.5 Å². The lowest BCUT2D eigenvalue weighted by Gasteiger charge is -2.49. The number of aryl methyl sites for hydroxylation is 1. The van der Waals surface area contributed by atoms with E-state index < -0.39 is 0 Å². The largest absolute Gasteiger partial charge is 0.344 e. The summed E-state index contributed by atoms with van der Waals surface area (Å²) in [5, 5.41) is 11.0. The standard InChI is InChI=1S/C19H31N5OS/c1-3-4-16-20-21-18(26-16)24-12-11-22(2)19(14-24)8-7-17(25)23(10-9-19)13-15-5-6-15/h15H,3-14H2,1-2H3. The van der Waals surface area contributed by atoms with Crippen molar-refractivity contribution in [1.82, 2.24) is 20.0 Å². The molecule has 7 heteroatoms. The monoisotopic (exact) mass is 377 g/mol. The predicted octanol–water partition coefficient (Wildman–Crippen LogP) is 2.40. The van der Waals surface area contributed by atoms with E-state index in [0.29, 0.717) is 12.3 Å². The van der Waals surface area contributed by atoms with Gasteiger partial charge in [-0.2, -0.15) is 0 Å². The first-order valence-electron chi connectivity index (χ1n) is 10.2. The van der Waals surface area contributed by atoms with Crippen molar-refractivity contribution in [2.45, 2.75) is 57.4 Å². The molecule has 26 heavy (non-hydrogen) atoms. The summed E-state index contributed by atoms with van der Waals surface area (Å²) in [6.45, 7) is 7.07. The molecule has 0 aromatic carbocycles. The van der Waals surface area contributed by atoms with Crippen LogP contribution in [0.15, 0.2) is 0 Å². The SMILES string of the molecule is CCCc1nnc(N2CCN(C)C3(CCC(=O)N(CC4CC4)CC3)C2)s1. The van der Waals surface area contributed by atoms with Gasteiger partial charge in [0, 0.05) is 51.1 Å². The van der Waals surface area contributed by atoms with E-state index in [-0.39, 0.29) is 5.54 Å². The van der Waals surface area contributed by atoms with E-state index in [4.69, 9.17) is 0 Å². The van der Waals surface area contributed by atoms with Gasteiger partial charge >= 0.3 is 0 Å². The second-order valence-electron chi connectivity index (χ2n) is 8.33. The molecule has 0 radical (unpaired) electrons. The lowest BCUT2D eigenvalue weighted by Crippen LogP contribution is -2.61. The van der Waals surface area contributed by atoms with E-state index in [2.05, 4.69) is 38.9 Å². The van der Waals surface area contributed by atoms with Gasteiger partial charge in [-0.3, -0.25) is 9.69 Å². The highest BCUT2D eigenvalue weighted by Crippen LogP contribution is 2.36. The maximum atomic E-state index is 12.6. The number of nitrogens with zero attached hydrogens (tertiary/aromatic N) is 5. The molecule has 3 fully saturated rings. The fourth-order valence-corrected chi connectivity index (χ4v) is 5.31. The molecule has 6 nitrogen and oxygen atoms in total. The molecular formula is C19H31N5OS. The molecule has 1 atom stereocenters. The molecule has 4 rings (SSSR count). The minimum absolute atomic E-state index is 0.0861. The van der Waals surface area contributed by atoms with Crippen LogP contribution in [0.5, 0.6) is 0 Å². The average molecular weight is 378 g/mol. The molecule has 1 spiro atoms. The van der Waals surface area contributed by atoms with Crippen molar-refractivity contribution in [2.24, 2.45) is 5.92 Å². The average Bonchev–Trinajstić information content (AvgIpc) is 3.37. The second kappa shape index (κ2) is 7.43. The number of hydrogen-bond donors (Lipinski definition) is 0. The van der Waals surface area contributed by atoms with Crippen molar-refractivity contribution >= 4 is 22.4 Å². The molecule has 1 aliphatic carbocycles. The Bertz CT molecular complexity index is 646. The summed E-state index contributed by atoms with van der Waals surface area (Å²) < 4.78 is 0. The fraction of sp³-hybridized carbons (Fsp3) is 0.842. The third-order valence-electron chi connectivity index (χ3n) is 6.37. The van der Waals surface area contributed by atoms with Gasteiger partial charge in [0.2, 0.25) is 11.0 Å². The lowest BCUT2D eigenvalue weighted by molar-refractivity contribution is -0.130. The van der Waals surface area contributed by atoms with E-state index in [1.54, 1.807) is 11.3 Å². The van der Waals surface area contributed by atoms with Gasteiger partial charge in [-0.05, 0) is 45.1 Å². The van der Waals surface area contributed by atoms with Crippen molar-refractivity contribution in [2.75, 3.05) is 44.7 Å². The normalized spacial score (nSPS) is 28.0. The molecule has 1 aromatic heterocycles. The van der Waals surface area contributed by atoms with E-state index in [1.807, 2.05) is 0 Å². The van der Waals surface area contributed by atoms with Gasteiger partial charge in [0.05, 0.1) is 0 Å². The molecule has 3 heterocycles. The first-order chi connectivity index (χ1) is 12.6. The highest BCUT2D eigenvalue weighted by atomic mass is 32.1. The Labute approximate surface area is 160 Å². The van der Waals surface area contributed by atoms with E-state index in [9.17, 15) is 4.79 Å². The van der Waals surface area contributed by atoms with E-state index in [1.165, 1.54) is 12.8 Å². The maximum Gasteiger partial charge on any atom is 0.222 e. The van der Waals surface area contributed by atoms with E-state index in [0.717, 1.165) is 74.5 Å². The predicted molar refractivity (Wildman–Crippen MR) is 105 cm³/mol. The number of rotatable bonds is 5. The van der Waals surface area contributed by atoms with Crippen molar-refractivity contribution in [3.8, 4) is 0 Å². The molecule has 144 valence electrons. The van der Waals surface area contributed by atoms with Gasteiger partial charge < -0.3 is 9.80 Å². The Morgan fingerprint density at radius 1 is 1.19 bits per heavy atom. The van der Waals surface area contributed by atoms with E-state index >= 15 is 0 Å². The molecule has 0 bridgehead atoms. The number of likely N-dealkylation sites (tertiary alicyclic amines) is 1. The minimum atomic E-state index is 0.0861. The van der Waals surface area contributed by atoms with Crippen molar-refractivity contribution in [3.05, 3.63) is 5.01 Å². The van der Waals surface area contributed by atoms with Gasteiger partial charge in [0.1, 0.15) is 5.01 Å². The van der Waals surface area contributed by atoms with Crippen LogP contribution in [0.25, 0.3) is 0 Å². The van der Waals surface area contributed by atoms with Crippen LogP contribution < -0.4 is 4.90 Å². The minimum Gasteiger partial charge on any atom is -0.344 e. The molecular weight excluding hydrogens is 346 g/mol. The summed E-state index contributed by atoms with van der Waals surface area (Å²) in [5.41, 5.74) is 0.0861. The third kappa shape index (κ3) is 3.74. The molecule has 1 unspecified atom stereocenters. The summed E-state index contributed by atoms with van der Waals surface area (Å²) in [4.78, 5) is 19.7. The molecule has 0 N–H and O–H groups in total.